The first-order chi connectivity index (χ1) is 15.8. The van der Waals surface area contributed by atoms with E-state index in [4.69, 9.17) is 16.3 Å². The number of amides is 2. The van der Waals surface area contributed by atoms with Crippen molar-refractivity contribution in [3.63, 3.8) is 0 Å². The number of hydrogen-bond donors (Lipinski definition) is 1. The zero-order valence-electron chi connectivity index (χ0n) is 18.2. The number of carbonyl (C=O) groups is 2. The molecule has 0 unspecified atom stereocenters. The summed E-state index contributed by atoms with van der Waals surface area (Å²) in [5.74, 6) is -1.36. The molecule has 3 aromatic carbocycles. The summed E-state index contributed by atoms with van der Waals surface area (Å²) in [5.41, 5.74) is 2.47. The first-order valence-corrected chi connectivity index (χ1v) is 10.5. The summed E-state index contributed by atoms with van der Waals surface area (Å²) in [6.07, 6.45) is 0. The molecule has 1 heterocycles. The van der Waals surface area contributed by atoms with E-state index in [0.29, 0.717) is 17.0 Å². The predicted octanol–water partition coefficient (Wildman–Crippen LogP) is 4.95. The number of ether oxygens (including phenoxy) is 1. The Bertz CT molecular complexity index is 1270. The van der Waals surface area contributed by atoms with Gasteiger partial charge in [0, 0.05) is 31.0 Å². The fraction of sp³-hybridized carbons (Fsp3) is 0.120. The highest BCUT2D eigenvalue weighted by Crippen LogP contribution is 2.38. The van der Waals surface area contributed by atoms with Gasteiger partial charge in [0.25, 0.3) is 11.8 Å². The van der Waals surface area contributed by atoms with Crippen LogP contribution in [0.2, 0.25) is 5.02 Å². The number of nitrogens with one attached hydrogen (secondary N) is 1. The van der Waals surface area contributed by atoms with E-state index in [1.807, 2.05) is 43.3 Å². The van der Waals surface area contributed by atoms with E-state index in [1.165, 1.54) is 19.2 Å². The number of imide groups is 1. The van der Waals surface area contributed by atoms with Crippen LogP contribution in [-0.2, 0) is 9.59 Å². The standard InChI is InChI=1S/C25H21ClFN3O3/c1-29(2)16-10-8-15(9-11-16)28-23-22(18-6-4-5-7-21(18)33-3)24(31)30(25(23)32)17-12-13-20(27)19(26)14-17/h4-14,28H,1-3H3. The minimum atomic E-state index is -0.642. The molecule has 0 aliphatic carbocycles. The van der Waals surface area contributed by atoms with Crippen LogP contribution in [0.5, 0.6) is 5.75 Å². The van der Waals surface area contributed by atoms with Crippen molar-refractivity contribution in [3.05, 3.63) is 88.8 Å². The van der Waals surface area contributed by atoms with Gasteiger partial charge in [-0.2, -0.15) is 0 Å². The zero-order chi connectivity index (χ0) is 23.7. The van der Waals surface area contributed by atoms with Crippen LogP contribution >= 0.6 is 11.6 Å². The van der Waals surface area contributed by atoms with Gasteiger partial charge in [-0.3, -0.25) is 9.59 Å². The molecule has 8 heteroatoms. The average Bonchev–Trinajstić information content (AvgIpc) is 3.05. The number of benzene rings is 3. The maximum Gasteiger partial charge on any atom is 0.282 e. The molecule has 2 amide bonds. The summed E-state index contributed by atoms with van der Waals surface area (Å²) in [5, 5.41) is 2.91. The van der Waals surface area contributed by atoms with E-state index in [-0.39, 0.29) is 22.0 Å². The lowest BCUT2D eigenvalue weighted by Crippen LogP contribution is -2.32. The van der Waals surface area contributed by atoms with Crippen LogP contribution in [0, 0.1) is 5.82 Å². The maximum atomic E-state index is 13.7. The first-order valence-electron chi connectivity index (χ1n) is 10.1. The van der Waals surface area contributed by atoms with Gasteiger partial charge < -0.3 is 15.0 Å². The van der Waals surface area contributed by atoms with Gasteiger partial charge in [-0.15, -0.1) is 0 Å². The smallest absolute Gasteiger partial charge is 0.282 e. The molecule has 0 spiro atoms. The van der Waals surface area contributed by atoms with Crippen molar-refractivity contribution in [2.24, 2.45) is 0 Å². The minimum absolute atomic E-state index is 0.0857. The third kappa shape index (κ3) is 4.15. The summed E-state index contributed by atoms with van der Waals surface area (Å²) >= 11 is 5.92. The van der Waals surface area contributed by atoms with Crippen molar-refractivity contribution in [1.29, 1.82) is 0 Å². The second-order valence-corrected chi connectivity index (χ2v) is 7.97. The summed E-state index contributed by atoms with van der Waals surface area (Å²) in [6, 6.07) is 18.1. The number of halogens is 2. The van der Waals surface area contributed by atoms with Gasteiger partial charge in [-0.25, -0.2) is 9.29 Å². The van der Waals surface area contributed by atoms with E-state index in [1.54, 1.807) is 24.3 Å². The van der Waals surface area contributed by atoms with Crippen LogP contribution in [0.1, 0.15) is 5.56 Å². The van der Waals surface area contributed by atoms with Crippen molar-refractivity contribution in [2.45, 2.75) is 0 Å². The van der Waals surface area contributed by atoms with Gasteiger partial charge in [0.05, 0.1) is 23.4 Å². The Hall–Kier alpha value is -3.84. The quantitative estimate of drug-likeness (QED) is 0.522. The summed E-state index contributed by atoms with van der Waals surface area (Å²) in [7, 11) is 5.34. The summed E-state index contributed by atoms with van der Waals surface area (Å²) in [4.78, 5) is 29.9. The molecule has 1 aliphatic rings. The molecule has 1 aliphatic heterocycles. The molecule has 1 N–H and O–H groups in total. The van der Waals surface area contributed by atoms with Crippen molar-refractivity contribution in [2.75, 3.05) is 36.3 Å². The number of anilines is 3. The second-order valence-electron chi connectivity index (χ2n) is 7.56. The van der Waals surface area contributed by atoms with Gasteiger partial charge >= 0.3 is 0 Å². The van der Waals surface area contributed by atoms with E-state index in [0.717, 1.165) is 16.7 Å². The van der Waals surface area contributed by atoms with Gasteiger partial charge in [0.15, 0.2) is 0 Å². The normalized spacial score (nSPS) is 13.5. The predicted molar refractivity (Wildman–Crippen MR) is 128 cm³/mol. The van der Waals surface area contributed by atoms with E-state index in [2.05, 4.69) is 5.32 Å². The Morgan fingerprint density at radius 2 is 1.67 bits per heavy atom. The molecule has 33 heavy (non-hydrogen) atoms. The van der Waals surface area contributed by atoms with E-state index in [9.17, 15) is 14.0 Å². The molecule has 6 nitrogen and oxygen atoms in total. The lowest BCUT2D eigenvalue weighted by Gasteiger charge is -2.16. The largest absolute Gasteiger partial charge is 0.496 e. The molecule has 0 bridgehead atoms. The van der Waals surface area contributed by atoms with Crippen molar-refractivity contribution in [3.8, 4) is 5.75 Å². The molecule has 0 saturated carbocycles. The maximum absolute atomic E-state index is 13.7. The lowest BCUT2D eigenvalue weighted by atomic mass is 10.0. The second kappa shape index (κ2) is 8.96. The fourth-order valence-corrected chi connectivity index (χ4v) is 3.77. The monoisotopic (exact) mass is 465 g/mol. The number of nitrogens with zero attached hydrogens (tertiary/aromatic N) is 2. The Balaban J connectivity index is 1.83. The summed E-state index contributed by atoms with van der Waals surface area (Å²) in [6.45, 7) is 0. The average molecular weight is 466 g/mol. The van der Waals surface area contributed by atoms with Crippen LogP contribution in [0.3, 0.4) is 0 Å². The van der Waals surface area contributed by atoms with Crippen molar-refractivity contribution in [1.82, 2.24) is 0 Å². The fourth-order valence-electron chi connectivity index (χ4n) is 3.59. The molecular weight excluding hydrogens is 445 g/mol. The highest BCUT2D eigenvalue weighted by molar-refractivity contribution is 6.46. The number of methoxy groups -OCH3 is 1. The SMILES string of the molecule is COc1ccccc1C1=C(Nc2ccc(N(C)C)cc2)C(=O)N(c2ccc(F)c(Cl)c2)C1=O. The van der Waals surface area contributed by atoms with Crippen molar-refractivity contribution >= 4 is 46.1 Å². The highest BCUT2D eigenvalue weighted by atomic mass is 35.5. The molecule has 0 atom stereocenters. The number of carbonyl (C=O) groups excluding carboxylic acids is 2. The third-order valence-corrected chi connectivity index (χ3v) is 5.56. The van der Waals surface area contributed by atoms with Gasteiger partial charge in [-0.1, -0.05) is 29.8 Å². The van der Waals surface area contributed by atoms with Crippen LogP contribution in [0.15, 0.2) is 72.4 Å². The van der Waals surface area contributed by atoms with E-state index < -0.39 is 17.6 Å². The number of para-hydroxylation sites is 1. The minimum Gasteiger partial charge on any atom is -0.496 e. The van der Waals surface area contributed by atoms with Gasteiger partial charge in [-0.05, 0) is 48.5 Å². The Morgan fingerprint density at radius 3 is 2.30 bits per heavy atom. The van der Waals surface area contributed by atoms with Crippen LogP contribution in [-0.4, -0.2) is 33.0 Å². The molecule has 4 rings (SSSR count). The summed E-state index contributed by atoms with van der Waals surface area (Å²) < 4.78 is 19.1. The molecule has 0 radical (unpaired) electrons. The van der Waals surface area contributed by atoms with Crippen LogP contribution in [0.25, 0.3) is 5.57 Å². The molecule has 0 aromatic heterocycles. The molecule has 168 valence electrons. The van der Waals surface area contributed by atoms with Crippen LogP contribution in [0.4, 0.5) is 21.5 Å². The number of rotatable bonds is 6. The Labute approximate surface area is 195 Å². The topological polar surface area (TPSA) is 61.9 Å². The Kier molecular flexibility index (Phi) is 6.07. The molecule has 0 saturated heterocycles. The van der Waals surface area contributed by atoms with Gasteiger partial charge in [0.2, 0.25) is 0 Å². The first kappa shape index (κ1) is 22.4. The van der Waals surface area contributed by atoms with Gasteiger partial charge in [0.1, 0.15) is 17.3 Å². The molecular formula is C25H21ClFN3O3. The van der Waals surface area contributed by atoms with Crippen molar-refractivity contribution < 1.29 is 18.7 Å². The molecule has 3 aromatic rings. The Morgan fingerprint density at radius 1 is 0.970 bits per heavy atom. The van der Waals surface area contributed by atoms with E-state index >= 15 is 0 Å². The highest BCUT2D eigenvalue weighted by Gasteiger charge is 2.41. The van der Waals surface area contributed by atoms with Crippen LogP contribution < -0.4 is 19.9 Å². The molecule has 0 fully saturated rings. The third-order valence-electron chi connectivity index (χ3n) is 5.27. The lowest BCUT2D eigenvalue weighted by molar-refractivity contribution is -0.120. The number of hydrogen-bond acceptors (Lipinski definition) is 5. The zero-order valence-corrected chi connectivity index (χ0v) is 19.0.